The molecule has 0 radical (unpaired) electrons. The first kappa shape index (κ1) is 19.0. The number of aliphatic hydroxyl groups excluding tert-OH is 1. The lowest BCUT2D eigenvalue weighted by atomic mass is 10.1. The van der Waals surface area contributed by atoms with Gasteiger partial charge in [0.15, 0.2) is 5.96 Å². The molecule has 1 unspecified atom stereocenters. The maximum atomic E-state index is 10.2. The summed E-state index contributed by atoms with van der Waals surface area (Å²) in [4.78, 5) is 6.82. The van der Waals surface area contributed by atoms with Crippen molar-refractivity contribution in [3.63, 3.8) is 0 Å². The number of aliphatic hydroxyl groups is 1. The standard InChI is InChI=1S/C16H25N3O2.HI/c1-3-17-16(19-10-4-5-11-19)18-12-15(20)13-6-8-14(21-2)9-7-13;/h6-9,15,20H,3-5,10-12H2,1-2H3,(H,17,18);1H. The van der Waals surface area contributed by atoms with Crippen molar-refractivity contribution in [2.75, 3.05) is 33.3 Å². The third-order valence-corrected chi connectivity index (χ3v) is 3.66. The quantitative estimate of drug-likeness (QED) is 0.437. The normalized spacial score (nSPS) is 16.1. The van der Waals surface area contributed by atoms with Crippen LogP contribution in [0.15, 0.2) is 29.3 Å². The highest BCUT2D eigenvalue weighted by molar-refractivity contribution is 14.0. The average Bonchev–Trinajstić information content (AvgIpc) is 3.05. The number of rotatable bonds is 5. The van der Waals surface area contributed by atoms with E-state index in [4.69, 9.17) is 4.74 Å². The van der Waals surface area contributed by atoms with Gasteiger partial charge in [0.2, 0.25) is 0 Å². The number of benzene rings is 1. The molecule has 1 aromatic carbocycles. The van der Waals surface area contributed by atoms with Crippen molar-refractivity contribution in [2.24, 2.45) is 4.99 Å². The molecule has 0 spiro atoms. The Labute approximate surface area is 149 Å². The average molecular weight is 419 g/mol. The van der Waals surface area contributed by atoms with E-state index in [1.165, 1.54) is 12.8 Å². The zero-order chi connectivity index (χ0) is 15.1. The van der Waals surface area contributed by atoms with Crippen molar-refractivity contribution in [1.29, 1.82) is 0 Å². The smallest absolute Gasteiger partial charge is 0.194 e. The number of ether oxygens (including phenoxy) is 1. The first-order chi connectivity index (χ1) is 10.2. The summed E-state index contributed by atoms with van der Waals surface area (Å²) < 4.78 is 5.12. The summed E-state index contributed by atoms with van der Waals surface area (Å²) in [5, 5.41) is 13.5. The minimum atomic E-state index is -0.591. The number of guanidine groups is 1. The third kappa shape index (κ3) is 5.31. The Hall–Kier alpha value is -1.02. The highest BCUT2D eigenvalue weighted by atomic mass is 127. The van der Waals surface area contributed by atoms with Crippen LogP contribution in [0.2, 0.25) is 0 Å². The van der Waals surface area contributed by atoms with Gasteiger partial charge in [-0.25, -0.2) is 0 Å². The molecule has 0 aliphatic carbocycles. The van der Waals surface area contributed by atoms with Crippen LogP contribution in [-0.2, 0) is 0 Å². The van der Waals surface area contributed by atoms with Gasteiger partial charge in [-0.15, -0.1) is 24.0 Å². The van der Waals surface area contributed by atoms with Crippen LogP contribution in [0.25, 0.3) is 0 Å². The molecule has 1 atom stereocenters. The maximum absolute atomic E-state index is 10.2. The molecule has 2 N–H and O–H groups in total. The van der Waals surface area contributed by atoms with Crippen molar-refractivity contribution in [3.8, 4) is 5.75 Å². The van der Waals surface area contributed by atoms with Crippen LogP contribution >= 0.6 is 24.0 Å². The molecule has 124 valence electrons. The first-order valence-corrected chi connectivity index (χ1v) is 7.60. The second-order valence-electron chi connectivity index (χ2n) is 5.18. The SMILES string of the molecule is CCNC(=NCC(O)c1ccc(OC)cc1)N1CCCC1.I. The maximum Gasteiger partial charge on any atom is 0.194 e. The summed E-state index contributed by atoms with van der Waals surface area (Å²) in [5.74, 6) is 1.70. The van der Waals surface area contributed by atoms with Crippen LogP contribution in [-0.4, -0.2) is 49.3 Å². The summed E-state index contributed by atoms with van der Waals surface area (Å²) in [7, 11) is 1.63. The van der Waals surface area contributed by atoms with Crippen molar-refractivity contribution in [2.45, 2.75) is 25.9 Å². The second kappa shape index (κ2) is 9.89. The van der Waals surface area contributed by atoms with Crippen LogP contribution in [0.3, 0.4) is 0 Å². The Kier molecular flexibility index (Phi) is 8.55. The topological polar surface area (TPSA) is 57.1 Å². The van der Waals surface area contributed by atoms with Crippen molar-refractivity contribution in [1.82, 2.24) is 10.2 Å². The molecule has 2 rings (SSSR count). The summed E-state index contributed by atoms with van der Waals surface area (Å²) in [5.41, 5.74) is 0.858. The van der Waals surface area contributed by atoms with Gasteiger partial charge in [-0.2, -0.15) is 0 Å². The molecule has 1 fully saturated rings. The molecule has 6 heteroatoms. The van der Waals surface area contributed by atoms with Gasteiger partial charge in [0, 0.05) is 19.6 Å². The Morgan fingerprint density at radius 3 is 2.50 bits per heavy atom. The van der Waals surface area contributed by atoms with E-state index in [0.29, 0.717) is 6.54 Å². The molecule has 0 bridgehead atoms. The van der Waals surface area contributed by atoms with E-state index in [1.54, 1.807) is 7.11 Å². The fourth-order valence-electron chi connectivity index (χ4n) is 2.46. The zero-order valence-electron chi connectivity index (χ0n) is 13.3. The van der Waals surface area contributed by atoms with E-state index < -0.39 is 6.10 Å². The van der Waals surface area contributed by atoms with Gasteiger partial charge in [-0.1, -0.05) is 12.1 Å². The number of methoxy groups -OCH3 is 1. The molecule has 1 aromatic rings. The molecular weight excluding hydrogens is 393 g/mol. The number of nitrogens with one attached hydrogen (secondary N) is 1. The predicted octanol–water partition coefficient (Wildman–Crippen LogP) is 2.41. The fraction of sp³-hybridized carbons (Fsp3) is 0.562. The number of hydrogen-bond acceptors (Lipinski definition) is 3. The van der Waals surface area contributed by atoms with Crippen LogP contribution in [0.5, 0.6) is 5.75 Å². The third-order valence-electron chi connectivity index (χ3n) is 3.66. The second-order valence-corrected chi connectivity index (χ2v) is 5.18. The molecule has 1 aliphatic rings. The van der Waals surface area contributed by atoms with Crippen LogP contribution < -0.4 is 10.1 Å². The van der Waals surface area contributed by atoms with E-state index >= 15 is 0 Å². The van der Waals surface area contributed by atoms with Crippen LogP contribution in [0, 0.1) is 0 Å². The predicted molar refractivity (Wildman–Crippen MR) is 100 cm³/mol. The zero-order valence-corrected chi connectivity index (χ0v) is 15.6. The summed E-state index contributed by atoms with van der Waals surface area (Å²) >= 11 is 0. The Balaban J connectivity index is 0.00000242. The molecule has 1 aliphatic heterocycles. The van der Waals surface area contributed by atoms with Gasteiger partial charge >= 0.3 is 0 Å². The van der Waals surface area contributed by atoms with E-state index in [0.717, 1.165) is 36.9 Å². The minimum Gasteiger partial charge on any atom is -0.497 e. The lowest BCUT2D eigenvalue weighted by molar-refractivity contribution is 0.186. The van der Waals surface area contributed by atoms with Crippen LogP contribution in [0.4, 0.5) is 0 Å². The number of aliphatic imine (C=N–C) groups is 1. The highest BCUT2D eigenvalue weighted by Crippen LogP contribution is 2.18. The molecule has 22 heavy (non-hydrogen) atoms. The largest absolute Gasteiger partial charge is 0.497 e. The summed E-state index contributed by atoms with van der Waals surface area (Å²) in [6, 6.07) is 7.46. The number of halogens is 1. The first-order valence-electron chi connectivity index (χ1n) is 7.60. The Morgan fingerprint density at radius 2 is 1.95 bits per heavy atom. The molecule has 5 nitrogen and oxygen atoms in total. The molecule has 0 aromatic heterocycles. The van der Waals surface area contributed by atoms with E-state index in [2.05, 4.69) is 22.1 Å². The molecule has 0 amide bonds. The fourth-order valence-corrected chi connectivity index (χ4v) is 2.46. The lowest BCUT2D eigenvalue weighted by Crippen LogP contribution is -2.39. The molecule has 1 heterocycles. The number of likely N-dealkylation sites (tertiary alicyclic amines) is 1. The van der Waals surface area contributed by atoms with Gasteiger partial charge in [-0.05, 0) is 37.5 Å². The van der Waals surface area contributed by atoms with Crippen molar-refractivity contribution >= 4 is 29.9 Å². The molecule has 0 saturated carbocycles. The van der Waals surface area contributed by atoms with Crippen LogP contribution in [0.1, 0.15) is 31.4 Å². The van der Waals surface area contributed by atoms with E-state index in [9.17, 15) is 5.11 Å². The number of hydrogen-bond donors (Lipinski definition) is 2. The molecule has 1 saturated heterocycles. The van der Waals surface area contributed by atoms with Gasteiger partial charge < -0.3 is 20.1 Å². The monoisotopic (exact) mass is 419 g/mol. The Bertz CT molecular complexity index is 459. The van der Waals surface area contributed by atoms with Gasteiger partial charge in [0.05, 0.1) is 19.8 Å². The van der Waals surface area contributed by atoms with Gasteiger partial charge in [-0.3, -0.25) is 4.99 Å². The summed E-state index contributed by atoms with van der Waals surface area (Å²) in [6.07, 6.45) is 1.84. The lowest BCUT2D eigenvalue weighted by Gasteiger charge is -2.21. The summed E-state index contributed by atoms with van der Waals surface area (Å²) in [6.45, 7) is 5.36. The van der Waals surface area contributed by atoms with Gasteiger partial charge in [0.1, 0.15) is 5.75 Å². The van der Waals surface area contributed by atoms with Crippen molar-refractivity contribution < 1.29 is 9.84 Å². The van der Waals surface area contributed by atoms with Gasteiger partial charge in [0.25, 0.3) is 0 Å². The van der Waals surface area contributed by atoms with Crippen molar-refractivity contribution in [3.05, 3.63) is 29.8 Å². The van der Waals surface area contributed by atoms with E-state index in [-0.39, 0.29) is 24.0 Å². The minimum absolute atomic E-state index is 0. The Morgan fingerprint density at radius 1 is 1.32 bits per heavy atom. The number of nitrogens with zero attached hydrogens (tertiary/aromatic N) is 2. The van der Waals surface area contributed by atoms with E-state index in [1.807, 2.05) is 24.3 Å². The highest BCUT2D eigenvalue weighted by Gasteiger charge is 2.16. The molecular formula is C16H26IN3O2.